The van der Waals surface area contributed by atoms with Crippen molar-refractivity contribution < 1.29 is 4.84 Å². The normalized spacial score (nSPS) is 14.5. The molecule has 0 N–H and O–H groups in total. The van der Waals surface area contributed by atoms with Crippen LogP contribution in [0.25, 0.3) is 0 Å². The van der Waals surface area contributed by atoms with Gasteiger partial charge in [-0.05, 0) is 63.6 Å². The molecule has 0 spiro atoms. The molecule has 0 unspecified atom stereocenters. The molecule has 1 fully saturated rings. The van der Waals surface area contributed by atoms with Crippen molar-refractivity contribution in [1.82, 2.24) is 0 Å². The van der Waals surface area contributed by atoms with Gasteiger partial charge >= 0.3 is 0 Å². The fourth-order valence-electron chi connectivity index (χ4n) is 1.65. The number of hydrogen-bond donors (Lipinski definition) is 0. The molecule has 1 aromatic carbocycles. The van der Waals surface area contributed by atoms with Crippen molar-refractivity contribution in [3.63, 3.8) is 0 Å². The van der Waals surface area contributed by atoms with E-state index in [1.165, 1.54) is 28.4 Å². The highest BCUT2D eigenvalue weighted by Gasteiger charge is 2.26. The molecule has 2 rings (SSSR count). The molecule has 1 aliphatic rings. The van der Waals surface area contributed by atoms with Gasteiger partial charge in [0.25, 0.3) is 0 Å². The van der Waals surface area contributed by atoms with Crippen molar-refractivity contribution in [1.29, 1.82) is 0 Å². The van der Waals surface area contributed by atoms with Crippen molar-refractivity contribution in [2.45, 2.75) is 52.1 Å². The van der Waals surface area contributed by atoms with Gasteiger partial charge in [-0.3, -0.25) is 0 Å². The molecule has 0 heterocycles. The standard InChI is InChI=1S/C10H11Br.C4H9NO2/c1-7-3-2-4-9(11)10(7)8-5-6-8;1-4(2,3)7-5-6/h2-4,8H,5-6H2,1H3;1-3H3. The Morgan fingerprint density at radius 1 is 1.33 bits per heavy atom. The molecule has 100 valence electrons. The Hall–Kier alpha value is -0.900. The van der Waals surface area contributed by atoms with E-state index in [2.05, 4.69) is 51.2 Å². The van der Waals surface area contributed by atoms with Gasteiger partial charge in [0.1, 0.15) is 5.60 Å². The first kappa shape index (κ1) is 15.2. The first-order chi connectivity index (χ1) is 8.35. The maximum Gasteiger partial charge on any atom is 0.155 e. The number of aryl methyl sites for hydroxylation is 1. The lowest BCUT2D eigenvalue weighted by atomic mass is 10.1. The second-order valence-corrected chi connectivity index (χ2v) is 6.38. The summed E-state index contributed by atoms with van der Waals surface area (Å²) in [5.74, 6) is 0.852. The van der Waals surface area contributed by atoms with Gasteiger partial charge in [-0.15, -0.1) is 4.91 Å². The summed E-state index contributed by atoms with van der Waals surface area (Å²) in [5.41, 5.74) is 2.54. The molecule has 3 nitrogen and oxygen atoms in total. The number of halogens is 1. The van der Waals surface area contributed by atoms with Crippen LogP contribution in [0.4, 0.5) is 0 Å². The third-order valence-electron chi connectivity index (χ3n) is 2.57. The summed E-state index contributed by atoms with van der Waals surface area (Å²) < 4.78 is 1.29. The van der Waals surface area contributed by atoms with Gasteiger partial charge in [-0.25, -0.2) is 0 Å². The van der Waals surface area contributed by atoms with Crippen LogP contribution in [-0.2, 0) is 4.84 Å². The highest BCUT2D eigenvalue weighted by Crippen LogP contribution is 2.44. The van der Waals surface area contributed by atoms with Crippen LogP contribution in [0.1, 0.15) is 50.7 Å². The summed E-state index contributed by atoms with van der Waals surface area (Å²) in [5, 5.41) is 2.26. The topological polar surface area (TPSA) is 38.7 Å². The van der Waals surface area contributed by atoms with Crippen molar-refractivity contribution >= 4 is 15.9 Å². The first-order valence-electron chi connectivity index (χ1n) is 6.11. The highest BCUT2D eigenvalue weighted by molar-refractivity contribution is 9.10. The van der Waals surface area contributed by atoms with E-state index in [9.17, 15) is 4.91 Å². The van der Waals surface area contributed by atoms with Gasteiger partial charge in [-0.1, -0.05) is 28.1 Å². The monoisotopic (exact) mass is 313 g/mol. The van der Waals surface area contributed by atoms with Gasteiger partial charge in [0.05, 0.1) is 0 Å². The van der Waals surface area contributed by atoms with Gasteiger partial charge in [0, 0.05) is 4.47 Å². The molecule has 0 aliphatic heterocycles. The molecule has 0 bridgehead atoms. The quantitative estimate of drug-likeness (QED) is 0.561. The highest BCUT2D eigenvalue weighted by atomic mass is 79.9. The zero-order chi connectivity index (χ0) is 13.8. The Balaban J connectivity index is 0.000000203. The third kappa shape index (κ3) is 5.17. The summed E-state index contributed by atoms with van der Waals surface area (Å²) in [4.78, 5) is 13.6. The fourth-order valence-corrected chi connectivity index (χ4v) is 2.43. The van der Waals surface area contributed by atoms with E-state index >= 15 is 0 Å². The molecule has 0 aromatic heterocycles. The van der Waals surface area contributed by atoms with E-state index in [0.29, 0.717) is 0 Å². The van der Waals surface area contributed by atoms with Gasteiger partial charge < -0.3 is 4.84 Å². The van der Waals surface area contributed by atoms with E-state index < -0.39 is 5.60 Å². The predicted octanol–water partition coefficient (Wildman–Crippen LogP) is 5.12. The van der Waals surface area contributed by atoms with Crippen molar-refractivity contribution in [3.8, 4) is 0 Å². The molecule has 1 saturated carbocycles. The van der Waals surface area contributed by atoms with Crippen molar-refractivity contribution in [2.75, 3.05) is 0 Å². The van der Waals surface area contributed by atoms with Crippen LogP contribution in [0.5, 0.6) is 0 Å². The van der Waals surface area contributed by atoms with Gasteiger partial charge in [0.2, 0.25) is 0 Å². The molecule has 1 aliphatic carbocycles. The SMILES string of the molecule is CC(C)(C)ON=O.Cc1cccc(Br)c1C1CC1. The summed E-state index contributed by atoms with van der Waals surface area (Å²) >= 11 is 3.59. The number of hydrogen-bond acceptors (Lipinski definition) is 3. The molecule has 18 heavy (non-hydrogen) atoms. The van der Waals surface area contributed by atoms with Crippen LogP contribution < -0.4 is 0 Å². The summed E-state index contributed by atoms with van der Waals surface area (Å²) in [7, 11) is 0. The lowest BCUT2D eigenvalue weighted by Gasteiger charge is -2.11. The summed E-state index contributed by atoms with van der Waals surface area (Å²) in [6.45, 7) is 7.47. The molecule has 0 saturated heterocycles. The average molecular weight is 314 g/mol. The second-order valence-electron chi connectivity index (χ2n) is 5.52. The first-order valence-corrected chi connectivity index (χ1v) is 6.90. The lowest BCUT2D eigenvalue weighted by molar-refractivity contribution is -0.00229. The van der Waals surface area contributed by atoms with E-state index in [0.717, 1.165) is 5.92 Å². The van der Waals surface area contributed by atoms with Crippen LogP contribution in [0.3, 0.4) is 0 Å². The van der Waals surface area contributed by atoms with Crippen LogP contribution in [0.15, 0.2) is 28.0 Å². The number of benzene rings is 1. The minimum atomic E-state index is -0.429. The number of nitrogens with zero attached hydrogens (tertiary/aromatic N) is 1. The van der Waals surface area contributed by atoms with E-state index in [4.69, 9.17) is 0 Å². The van der Waals surface area contributed by atoms with Crippen molar-refractivity contribution in [2.24, 2.45) is 5.34 Å². The maximum absolute atomic E-state index is 9.35. The minimum Gasteiger partial charge on any atom is -0.358 e. The van der Waals surface area contributed by atoms with E-state index in [1.807, 2.05) is 0 Å². The maximum atomic E-state index is 9.35. The zero-order valence-corrected chi connectivity index (χ0v) is 13.0. The van der Waals surface area contributed by atoms with Gasteiger partial charge in [-0.2, -0.15) is 0 Å². The largest absolute Gasteiger partial charge is 0.358 e. The summed E-state index contributed by atoms with van der Waals surface area (Å²) in [6, 6.07) is 6.43. The molecular weight excluding hydrogens is 294 g/mol. The molecule has 4 heteroatoms. The Bertz CT molecular complexity index is 388. The Morgan fingerprint density at radius 2 is 1.94 bits per heavy atom. The molecule has 1 aromatic rings. The number of rotatable bonds is 2. The van der Waals surface area contributed by atoms with E-state index in [1.54, 1.807) is 20.8 Å². The fraction of sp³-hybridized carbons (Fsp3) is 0.571. The van der Waals surface area contributed by atoms with Crippen LogP contribution in [0, 0.1) is 11.8 Å². The average Bonchev–Trinajstić information content (AvgIpc) is 3.00. The second kappa shape index (κ2) is 6.32. The Kier molecular flexibility index (Phi) is 5.32. The molecule has 0 amide bonds. The third-order valence-corrected chi connectivity index (χ3v) is 3.26. The molecular formula is C14H20BrNO2. The lowest BCUT2D eigenvalue weighted by Crippen LogP contribution is -2.14. The van der Waals surface area contributed by atoms with Crippen molar-refractivity contribution in [3.05, 3.63) is 38.7 Å². The van der Waals surface area contributed by atoms with Crippen LogP contribution in [-0.4, -0.2) is 5.60 Å². The Labute approximate surface area is 117 Å². The molecule has 0 atom stereocenters. The summed E-state index contributed by atoms with van der Waals surface area (Å²) in [6.07, 6.45) is 2.76. The predicted molar refractivity (Wildman–Crippen MR) is 77.5 cm³/mol. The van der Waals surface area contributed by atoms with Crippen LogP contribution >= 0.6 is 15.9 Å². The Morgan fingerprint density at radius 3 is 2.28 bits per heavy atom. The van der Waals surface area contributed by atoms with Crippen LogP contribution in [0.2, 0.25) is 0 Å². The van der Waals surface area contributed by atoms with Gasteiger partial charge in [0.15, 0.2) is 5.34 Å². The smallest absolute Gasteiger partial charge is 0.155 e. The zero-order valence-electron chi connectivity index (χ0n) is 11.4. The molecule has 0 radical (unpaired) electrons. The van der Waals surface area contributed by atoms with E-state index in [-0.39, 0.29) is 0 Å². The minimum absolute atomic E-state index is 0.429.